The average molecular weight is 228 g/mol. The van der Waals surface area contributed by atoms with E-state index in [1.165, 1.54) is 12.8 Å². The number of hydrogen-bond donors (Lipinski definition) is 2. The van der Waals surface area contributed by atoms with Gasteiger partial charge in [0.2, 0.25) is 0 Å². The second kappa shape index (κ2) is 5.99. The summed E-state index contributed by atoms with van der Waals surface area (Å²) in [7, 11) is 0. The molecule has 0 unspecified atom stereocenters. The highest BCUT2D eigenvalue weighted by atomic mass is 35.5. The minimum Gasteiger partial charge on any atom is -0.506 e. The number of phenolic OH excluding ortho intramolecular Hbond substituents is 1. The molecule has 84 valence electrons. The van der Waals surface area contributed by atoms with Crippen LogP contribution >= 0.6 is 11.6 Å². The van der Waals surface area contributed by atoms with E-state index in [9.17, 15) is 5.11 Å². The smallest absolute Gasteiger partial charge is 0.134 e. The zero-order valence-electron chi connectivity index (χ0n) is 9.04. The van der Waals surface area contributed by atoms with Gasteiger partial charge in [0, 0.05) is 6.04 Å². The number of benzene rings is 1. The average Bonchev–Trinajstić information content (AvgIpc) is 2.22. The Morgan fingerprint density at radius 2 is 2.13 bits per heavy atom. The number of phenols is 1. The molecule has 0 amide bonds. The Balaban J connectivity index is 2.57. The lowest BCUT2D eigenvalue weighted by atomic mass is 10.0. The van der Waals surface area contributed by atoms with Crippen LogP contribution in [0.15, 0.2) is 18.2 Å². The molecule has 0 saturated heterocycles. The first-order chi connectivity index (χ1) is 7.15. The molecular formula is C12H18ClNO. The van der Waals surface area contributed by atoms with Crippen LogP contribution in [-0.4, -0.2) is 5.11 Å². The van der Waals surface area contributed by atoms with Crippen molar-refractivity contribution in [2.24, 2.45) is 5.73 Å². The van der Waals surface area contributed by atoms with E-state index in [1.54, 1.807) is 12.1 Å². The van der Waals surface area contributed by atoms with E-state index in [-0.39, 0.29) is 11.8 Å². The van der Waals surface area contributed by atoms with Gasteiger partial charge in [-0.25, -0.2) is 0 Å². The number of unbranched alkanes of at least 4 members (excludes halogenated alkanes) is 2. The molecule has 15 heavy (non-hydrogen) atoms. The maximum Gasteiger partial charge on any atom is 0.134 e. The maximum absolute atomic E-state index is 9.27. The molecule has 0 radical (unpaired) electrons. The van der Waals surface area contributed by atoms with Crippen LogP contribution in [0.25, 0.3) is 0 Å². The Morgan fingerprint density at radius 3 is 2.73 bits per heavy atom. The van der Waals surface area contributed by atoms with Crippen LogP contribution in [0.4, 0.5) is 0 Å². The quantitative estimate of drug-likeness (QED) is 0.755. The number of rotatable bonds is 5. The summed E-state index contributed by atoms with van der Waals surface area (Å²) in [5.41, 5.74) is 7.01. The van der Waals surface area contributed by atoms with Crippen LogP contribution in [0.3, 0.4) is 0 Å². The van der Waals surface area contributed by atoms with Crippen molar-refractivity contribution < 1.29 is 5.11 Å². The highest BCUT2D eigenvalue weighted by Crippen LogP contribution is 2.27. The molecule has 0 aliphatic rings. The van der Waals surface area contributed by atoms with Gasteiger partial charge in [0.25, 0.3) is 0 Å². The standard InChI is InChI=1S/C12H18ClNO/c1-2-3-4-5-11(14)9-6-7-12(15)10(13)8-9/h6-8,11,15H,2-5,14H2,1H3/t11-/m0/s1. The highest BCUT2D eigenvalue weighted by molar-refractivity contribution is 6.32. The van der Waals surface area contributed by atoms with E-state index < -0.39 is 0 Å². The highest BCUT2D eigenvalue weighted by Gasteiger charge is 2.07. The molecule has 0 fully saturated rings. The van der Waals surface area contributed by atoms with Crippen LogP contribution in [0, 0.1) is 0 Å². The number of aromatic hydroxyl groups is 1. The monoisotopic (exact) mass is 227 g/mol. The van der Waals surface area contributed by atoms with E-state index >= 15 is 0 Å². The molecular weight excluding hydrogens is 210 g/mol. The first-order valence-electron chi connectivity index (χ1n) is 5.39. The Hall–Kier alpha value is -0.730. The summed E-state index contributed by atoms with van der Waals surface area (Å²) in [4.78, 5) is 0. The molecule has 0 spiro atoms. The van der Waals surface area contributed by atoms with Crippen LogP contribution in [0.5, 0.6) is 5.75 Å². The second-order valence-corrected chi connectivity index (χ2v) is 4.22. The summed E-state index contributed by atoms with van der Waals surface area (Å²) in [5, 5.41) is 9.64. The van der Waals surface area contributed by atoms with Gasteiger partial charge in [-0.15, -0.1) is 0 Å². The van der Waals surface area contributed by atoms with Crippen LogP contribution in [-0.2, 0) is 0 Å². The van der Waals surface area contributed by atoms with Crippen LogP contribution in [0.2, 0.25) is 5.02 Å². The van der Waals surface area contributed by atoms with Crippen molar-refractivity contribution in [3.8, 4) is 5.75 Å². The zero-order chi connectivity index (χ0) is 11.3. The zero-order valence-corrected chi connectivity index (χ0v) is 9.80. The van der Waals surface area contributed by atoms with Gasteiger partial charge in [0.15, 0.2) is 0 Å². The van der Waals surface area contributed by atoms with Crippen molar-refractivity contribution in [3.63, 3.8) is 0 Å². The normalized spacial score (nSPS) is 12.7. The molecule has 2 nitrogen and oxygen atoms in total. The minimum atomic E-state index is 0.0228. The molecule has 3 heteroatoms. The van der Waals surface area contributed by atoms with Crippen molar-refractivity contribution in [3.05, 3.63) is 28.8 Å². The van der Waals surface area contributed by atoms with Crippen LogP contribution in [0.1, 0.15) is 44.2 Å². The van der Waals surface area contributed by atoms with Gasteiger partial charge in [-0.1, -0.05) is 43.9 Å². The molecule has 0 aliphatic carbocycles. The summed E-state index contributed by atoms with van der Waals surface area (Å²) in [5.74, 6) is 0.112. The van der Waals surface area contributed by atoms with Gasteiger partial charge in [-0.3, -0.25) is 0 Å². The summed E-state index contributed by atoms with van der Waals surface area (Å²) in [6.07, 6.45) is 4.51. The Morgan fingerprint density at radius 1 is 1.40 bits per heavy atom. The number of nitrogens with two attached hydrogens (primary N) is 1. The lowest BCUT2D eigenvalue weighted by Crippen LogP contribution is -2.09. The second-order valence-electron chi connectivity index (χ2n) is 3.81. The van der Waals surface area contributed by atoms with Crippen molar-refractivity contribution >= 4 is 11.6 Å². The molecule has 0 bridgehead atoms. The SMILES string of the molecule is CCCCC[C@H](N)c1ccc(O)c(Cl)c1. The summed E-state index contributed by atoms with van der Waals surface area (Å²) < 4.78 is 0. The van der Waals surface area contributed by atoms with E-state index in [0.29, 0.717) is 5.02 Å². The van der Waals surface area contributed by atoms with Gasteiger partial charge >= 0.3 is 0 Å². The fourth-order valence-corrected chi connectivity index (χ4v) is 1.72. The lowest BCUT2D eigenvalue weighted by molar-refractivity contribution is 0.475. The predicted octanol–water partition coefficient (Wildman–Crippen LogP) is 3.63. The van der Waals surface area contributed by atoms with E-state index in [4.69, 9.17) is 17.3 Å². The molecule has 0 aromatic heterocycles. The number of hydrogen-bond acceptors (Lipinski definition) is 2. The summed E-state index contributed by atoms with van der Waals surface area (Å²) in [6, 6.07) is 5.19. The van der Waals surface area contributed by atoms with Gasteiger partial charge in [0.1, 0.15) is 5.75 Å². The summed E-state index contributed by atoms with van der Waals surface area (Å²) >= 11 is 5.81. The fraction of sp³-hybridized carbons (Fsp3) is 0.500. The van der Waals surface area contributed by atoms with Gasteiger partial charge < -0.3 is 10.8 Å². The molecule has 1 rings (SSSR count). The predicted molar refractivity (Wildman–Crippen MR) is 64.2 cm³/mol. The van der Waals surface area contributed by atoms with Crippen LogP contribution < -0.4 is 5.73 Å². The van der Waals surface area contributed by atoms with E-state index in [1.807, 2.05) is 6.07 Å². The molecule has 0 aliphatic heterocycles. The Labute approximate surface area is 96.1 Å². The first-order valence-corrected chi connectivity index (χ1v) is 5.77. The molecule has 1 atom stereocenters. The molecule has 0 saturated carbocycles. The molecule has 0 heterocycles. The third-order valence-electron chi connectivity index (χ3n) is 2.52. The topological polar surface area (TPSA) is 46.2 Å². The van der Waals surface area contributed by atoms with E-state index in [2.05, 4.69) is 6.92 Å². The third-order valence-corrected chi connectivity index (χ3v) is 2.82. The molecule has 1 aromatic carbocycles. The lowest BCUT2D eigenvalue weighted by Gasteiger charge is -2.12. The number of halogens is 1. The third kappa shape index (κ3) is 3.73. The summed E-state index contributed by atoms with van der Waals surface area (Å²) in [6.45, 7) is 2.17. The Bertz CT molecular complexity index is 314. The largest absolute Gasteiger partial charge is 0.506 e. The van der Waals surface area contributed by atoms with Crippen molar-refractivity contribution in [2.45, 2.75) is 38.6 Å². The fourth-order valence-electron chi connectivity index (χ4n) is 1.53. The van der Waals surface area contributed by atoms with Crippen molar-refractivity contribution in [1.82, 2.24) is 0 Å². The van der Waals surface area contributed by atoms with Crippen molar-refractivity contribution in [1.29, 1.82) is 0 Å². The molecule has 3 N–H and O–H groups in total. The maximum atomic E-state index is 9.27. The van der Waals surface area contributed by atoms with Gasteiger partial charge in [-0.05, 0) is 24.1 Å². The first kappa shape index (κ1) is 12.3. The van der Waals surface area contributed by atoms with Gasteiger partial charge in [0.05, 0.1) is 5.02 Å². The van der Waals surface area contributed by atoms with Gasteiger partial charge in [-0.2, -0.15) is 0 Å². The molecule has 1 aromatic rings. The van der Waals surface area contributed by atoms with E-state index in [0.717, 1.165) is 18.4 Å². The Kier molecular flexibility index (Phi) is 4.92. The van der Waals surface area contributed by atoms with Crippen molar-refractivity contribution in [2.75, 3.05) is 0 Å². The minimum absolute atomic E-state index is 0.0228.